The third-order valence-corrected chi connectivity index (χ3v) is 3.16. The molecule has 2 aliphatic rings. The summed E-state index contributed by atoms with van der Waals surface area (Å²) in [5, 5.41) is 12.8. The minimum absolute atomic E-state index is 0.0535. The molecular formula is C11H15N3O3. The molecule has 2 aliphatic carbocycles. The van der Waals surface area contributed by atoms with Crippen LogP contribution in [0.1, 0.15) is 43.3 Å². The highest BCUT2D eigenvalue weighted by Crippen LogP contribution is 2.39. The topological polar surface area (TPSA) is 79.5 Å². The van der Waals surface area contributed by atoms with Crippen LogP contribution >= 0.6 is 0 Å². The SMILES string of the molecule is O=C(O)CN(Cc1noc(C2CC2)n1)C1CC1. The highest BCUT2D eigenvalue weighted by atomic mass is 16.5. The third-order valence-electron chi connectivity index (χ3n) is 3.16. The van der Waals surface area contributed by atoms with Gasteiger partial charge >= 0.3 is 5.97 Å². The lowest BCUT2D eigenvalue weighted by Gasteiger charge is -2.16. The Balaban J connectivity index is 1.63. The highest BCUT2D eigenvalue weighted by Gasteiger charge is 2.33. The van der Waals surface area contributed by atoms with Crippen molar-refractivity contribution in [1.29, 1.82) is 0 Å². The van der Waals surface area contributed by atoms with Gasteiger partial charge in [0.1, 0.15) is 0 Å². The van der Waals surface area contributed by atoms with Gasteiger partial charge in [-0.3, -0.25) is 9.69 Å². The van der Waals surface area contributed by atoms with Crippen LogP contribution in [0.3, 0.4) is 0 Å². The first-order valence-corrected chi connectivity index (χ1v) is 6.00. The van der Waals surface area contributed by atoms with E-state index in [-0.39, 0.29) is 6.54 Å². The lowest BCUT2D eigenvalue weighted by atomic mass is 10.4. The highest BCUT2D eigenvalue weighted by molar-refractivity contribution is 5.69. The van der Waals surface area contributed by atoms with Crippen LogP contribution in [-0.2, 0) is 11.3 Å². The molecule has 0 aliphatic heterocycles. The van der Waals surface area contributed by atoms with Gasteiger partial charge in [0.15, 0.2) is 5.82 Å². The second kappa shape index (κ2) is 4.10. The molecule has 92 valence electrons. The van der Waals surface area contributed by atoms with Crippen LogP contribution in [0.5, 0.6) is 0 Å². The fraction of sp³-hybridized carbons (Fsp3) is 0.727. The predicted octanol–water partition coefficient (Wildman–Crippen LogP) is 0.996. The quantitative estimate of drug-likeness (QED) is 0.795. The van der Waals surface area contributed by atoms with Gasteiger partial charge < -0.3 is 9.63 Å². The molecule has 17 heavy (non-hydrogen) atoms. The van der Waals surface area contributed by atoms with Gasteiger partial charge in [-0.1, -0.05) is 5.16 Å². The van der Waals surface area contributed by atoms with E-state index in [1.54, 1.807) is 0 Å². The molecule has 1 aromatic heterocycles. The lowest BCUT2D eigenvalue weighted by molar-refractivity contribution is -0.138. The Morgan fingerprint density at radius 3 is 2.76 bits per heavy atom. The monoisotopic (exact) mass is 237 g/mol. The van der Waals surface area contributed by atoms with Crippen LogP contribution in [0.4, 0.5) is 0 Å². The molecule has 0 atom stereocenters. The maximum atomic E-state index is 10.7. The van der Waals surface area contributed by atoms with E-state index in [0.29, 0.717) is 30.2 Å². The number of carboxylic acid groups (broad SMARTS) is 1. The van der Waals surface area contributed by atoms with Gasteiger partial charge in [-0.25, -0.2) is 0 Å². The molecule has 0 unspecified atom stereocenters. The van der Waals surface area contributed by atoms with Crippen molar-refractivity contribution in [3.8, 4) is 0 Å². The molecule has 0 saturated heterocycles. The fourth-order valence-corrected chi connectivity index (χ4v) is 1.94. The molecule has 0 amide bonds. The van der Waals surface area contributed by atoms with E-state index in [2.05, 4.69) is 10.1 Å². The lowest BCUT2D eigenvalue weighted by Crippen LogP contribution is -2.31. The Hall–Kier alpha value is -1.43. The Morgan fingerprint density at radius 1 is 1.41 bits per heavy atom. The van der Waals surface area contributed by atoms with E-state index in [0.717, 1.165) is 25.7 Å². The molecule has 6 nitrogen and oxygen atoms in total. The maximum Gasteiger partial charge on any atom is 0.317 e. The number of carboxylic acids is 1. The van der Waals surface area contributed by atoms with Crippen LogP contribution in [0, 0.1) is 0 Å². The van der Waals surface area contributed by atoms with Gasteiger partial charge in [0.25, 0.3) is 0 Å². The standard InChI is InChI=1S/C11H15N3O3/c15-10(16)6-14(8-3-4-8)5-9-12-11(17-13-9)7-1-2-7/h7-8H,1-6H2,(H,15,16). The minimum atomic E-state index is -0.803. The summed E-state index contributed by atoms with van der Waals surface area (Å²) in [6, 6.07) is 0.383. The molecule has 1 aromatic rings. The Kier molecular flexibility index (Phi) is 2.58. The molecule has 0 bridgehead atoms. The van der Waals surface area contributed by atoms with E-state index < -0.39 is 5.97 Å². The zero-order valence-electron chi connectivity index (χ0n) is 9.50. The van der Waals surface area contributed by atoms with Gasteiger partial charge in [0, 0.05) is 12.0 Å². The Bertz CT molecular complexity index is 423. The molecule has 2 saturated carbocycles. The van der Waals surface area contributed by atoms with E-state index in [4.69, 9.17) is 9.63 Å². The number of hydrogen-bond acceptors (Lipinski definition) is 5. The number of aromatic nitrogens is 2. The summed E-state index contributed by atoms with van der Waals surface area (Å²) >= 11 is 0. The molecule has 6 heteroatoms. The van der Waals surface area contributed by atoms with Gasteiger partial charge in [-0.05, 0) is 25.7 Å². The van der Waals surface area contributed by atoms with Crippen molar-refractivity contribution in [2.75, 3.05) is 6.54 Å². The van der Waals surface area contributed by atoms with Crippen LogP contribution in [0.15, 0.2) is 4.52 Å². The average molecular weight is 237 g/mol. The van der Waals surface area contributed by atoms with Crippen molar-refractivity contribution >= 4 is 5.97 Å². The zero-order valence-corrected chi connectivity index (χ0v) is 9.50. The van der Waals surface area contributed by atoms with Crippen molar-refractivity contribution in [2.45, 2.75) is 44.2 Å². The van der Waals surface area contributed by atoms with E-state index in [1.807, 2.05) is 4.90 Å². The normalized spacial score (nSPS) is 19.8. The van der Waals surface area contributed by atoms with Crippen molar-refractivity contribution in [1.82, 2.24) is 15.0 Å². The van der Waals surface area contributed by atoms with Crippen molar-refractivity contribution in [3.63, 3.8) is 0 Å². The molecule has 0 spiro atoms. The summed E-state index contributed by atoms with van der Waals surface area (Å²) in [5.74, 6) is 0.971. The first-order valence-electron chi connectivity index (χ1n) is 6.00. The molecule has 0 radical (unpaired) electrons. The van der Waals surface area contributed by atoms with Gasteiger partial charge in [0.2, 0.25) is 5.89 Å². The summed E-state index contributed by atoms with van der Waals surface area (Å²) < 4.78 is 5.16. The largest absolute Gasteiger partial charge is 0.480 e. The van der Waals surface area contributed by atoms with Crippen molar-refractivity contribution < 1.29 is 14.4 Å². The van der Waals surface area contributed by atoms with Crippen molar-refractivity contribution in [2.24, 2.45) is 0 Å². The van der Waals surface area contributed by atoms with Crippen LogP contribution in [-0.4, -0.2) is 38.7 Å². The van der Waals surface area contributed by atoms with Crippen molar-refractivity contribution in [3.05, 3.63) is 11.7 Å². The smallest absolute Gasteiger partial charge is 0.317 e. The summed E-state index contributed by atoms with van der Waals surface area (Å²) in [7, 11) is 0. The van der Waals surface area contributed by atoms with Gasteiger partial charge in [0.05, 0.1) is 13.1 Å². The van der Waals surface area contributed by atoms with E-state index in [1.165, 1.54) is 0 Å². The zero-order chi connectivity index (χ0) is 11.8. The maximum absolute atomic E-state index is 10.7. The number of hydrogen-bond donors (Lipinski definition) is 1. The first-order chi connectivity index (χ1) is 8.22. The van der Waals surface area contributed by atoms with Crippen LogP contribution in [0.2, 0.25) is 0 Å². The second-order valence-corrected chi connectivity index (χ2v) is 4.85. The number of nitrogens with zero attached hydrogens (tertiary/aromatic N) is 3. The van der Waals surface area contributed by atoms with Crippen LogP contribution in [0.25, 0.3) is 0 Å². The number of carbonyl (C=O) groups is 1. The van der Waals surface area contributed by atoms with E-state index >= 15 is 0 Å². The fourth-order valence-electron chi connectivity index (χ4n) is 1.94. The first kappa shape index (κ1) is 10.7. The van der Waals surface area contributed by atoms with Gasteiger partial charge in [-0.15, -0.1) is 0 Å². The molecule has 1 heterocycles. The van der Waals surface area contributed by atoms with Gasteiger partial charge in [-0.2, -0.15) is 4.98 Å². The summed E-state index contributed by atoms with van der Waals surface area (Å²) in [6.07, 6.45) is 4.40. The Morgan fingerprint density at radius 2 is 2.18 bits per heavy atom. The van der Waals surface area contributed by atoms with E-state index in [9.17, 15) is 4.79 Å². The van der Waals surface area contributed by atoms with Crippen LogP contribution < -0.4 is 0 Å². The molecule has 2 fully saturated rings. The minimum Gasteiger partial charge on any atom is -0.480 e. The Labute approximate surface area is 98.6 Å². The molecule has 3 rings (SSSR count). The summed E-state index contributed by atoms with van der Waals surface area (Å²) in [4.78, 5) is 17.0. The summed E-state index contributed by atoms with van der Waals surface area (Å²) in [5.41, 5.74) is 0. The molecular weight excluding hydrogens is 222 g/mol. The summed E-state index contributed by atoms with van der Waals surface area (Å²) in [6.45, 7) is 0.533. The predicted molar refractivity (Wildman–Crippen MR) is 57.3 cm³/mol. The molecule has 1 N–H and O–H groups in total. The number of aliphatic carboxylic acids is 1. The second-order valence-electron chi connectivity index (χ2n) is 4.85. The molecule has 0 aromatic carbocycles. The average Bonchev–Trinajstić information content (AvgIpc) is 3.17. The third kappa shape index (κ3) is 2.63. The number of rotatable bonds is 6.